The molecule has 0 saturated heterocycles. The summed E-state index contributed by atoms with van der Waals surface area (Å²) in [7, 11) is -1.83. The lowest BCUT2D eigenvalue weighted by atomic mass is 9.97. The monoisotopic (exact) mass is 378 g/mol. The summed E-state index contributed by atoms with van der Waals surface area (Å²) < 4.78 is 18.0. The Bertz CT molecular complexity index is 257. The van der Waals surface area contributed by atoms with Crippen LogP contribution in [0.2, 0.25) is 0 Å². The highest BCUT2D eigenvalue weighted by Gasteiger charge is 2.30. The van der Waals surface area contributed by atoms with Gasteiger partial charge >= 0.3 is 0 Å². The molecule has 0 bridgehead atoms. The SMILES string of the molecule is CCCCCCCCCCC(CCC)CS(OCC)(OCC)OCC. The molecule has 0 fully saturated rings. The summed E-state index contributed by atoms with van der Waals surface area (Å²) in [5.74, 6) is 1.59. The van der Waals surface area contributed by atoms with Crippen molar-refractivity contribution in [2.75, 3.05) is 25.6 Å². The van der Waals surface area contributed by atoms with Gasteiger partial charge in [-0.1, -0.05) is 71.6 Å². The molecule has 1 unspecified atom stereocenters. The quantitative estimate of drug-likeness (QED) is 0.217. The minimum atomic E-state index is -1.83. The van der Waals surface area contributed by atoms with E-state index in [1.165, 1.54) is 70.6 Å². The van der Waals surface area contributed by atoms with Gasteiger partial charge in [0.1, 0.15) is 0 Å². The van der Waals surface area contributed by atoms with Crippen LogP contribution < -0.4 is 0 Å². The Morgan fingerprint density at radius 1 is 0.560 bits per heavy atom. The van der Waals surface area contributed by atoms with Crippen LogP contribution in [-0.2, 0) is 12.5 Å². The van der Waals surface area contributed by atoms with Gasteiger partial charge in [0, 0.05) is 5.75 Å². The van der Waals surface area contributed by atoms with Gasteiger partial charge in [0.2, 0.25) is 0 Å². The molecule has 0 aliphatic heterocycles. The predicted octanol–water partition coefficient (Wildman–Crippen LogP) is 7.59. The molecule has 0 aromatic heterocycles. The molecule has 25 heavy (non-hydrogen) atoms. The average Bonchev–Trinajstić information content (AvgIpc) is 2.58. The van der Waals surface area contributed by atoms with E-state index in [2.05, 4.69) is 13.8 Å². The molecule has 3 nitrogen and oxygen atoms in total. The Morgan fingerprint density at radius 3 is 1.48 bits per heavy atom. The van der Waals surface area contributed by atoms with E-state index in [9.17, 15) is 0 Å². The molecule has 0 aromatic rings. The molecule has 0 aliphatic carbocycles. The number of rotatable bonds is 19. The molecule has 0 rings (SSSR count). The molecule has 0 amide bonds. The Kier molecular flexibility index (Phi) is 17.8. The minimum absolute atomic E-state index is 0.657. The smallest absolute Gasteiger partial charge is 0.0890 e. The summed E-state index contributed by atoms with van der Waals surface area (Å²) in [6.45, 7) is 12.6. The maximum Gasteiger partial charge on any atom is 0.0890 e. The van der Waals surface area contributed by atoms with Gasteiger partial charge in [-0.25, -0.2) is 0 Å². The minimum Gasteiger partial charge on any atom is -0.293 e. The first-order valence-corrected chi connectivity index (χ1v) is 12.5. The van der Waals surface area contributed by atoms with E-state index in [1.54, 1.807) is 0 Å². The third kappa shape index (κ3) is 13.1. The van der Waals surface area contributed by atoms with Crippen molar-refractivity contribution in [3.63, 3.8) is 0 Å². The van der Waals surface area contributed by atoms with Crippen molar-refractivity contribution < 1.29 is 12.5 Å². The standard InChI is InChI=1S/C21H46O3S/c1-6-11-12-13-14-15-16-17-19-21(18-7-2)20-25(22-8-3,23-9-4)24-10-5/h21H,6-20H2,1-5H3. The molecule has 0 aromatic carbocycles. The van der Waals surface area contributed by atoms with Gasteiger partial charge in [0.25, 0.3) is 0 Å². The fraction of sp³-hybridized carbons (Fsp3) is 1.00. The largest absolute Gasteiger partial charge is 0.293 e. The third-order valence-corrected chi connectivity index (χ3v) is 7.16. The maximum atomic E-state index is 6.01. The highest BCUT2D eigenvalue weighted by molar-refractivity contribution is 8.21. The topological polar surface area (TPSA) is 27.7 Å². The summed E-state index contributed by atoms with van der Waals surface area (Å²) in [6.07, 6.45) is 14.8. The summed E-state index contributed by atoms with van der Waals surface area (Å²) in [5.41, 5.74) is 0. The van der Waals surface area contributed by atoms with Gasteiger partial charge in [-0.2, -0.15) is 0 Å². The van der Waals surface area contributed by atoms with E-state index >= 15 is 0 Å². The van der Waals surface area contributed by atoms with E-state index in [0.717, 1.165) is 5.75 Å². The van der Waals surface area contributed by atoms with E-state index in [0.29, 0.717) is 25.7 Å². The van der Waals surface area contributed by atoms with Crippen LogP contribution in [-0.4, -0.2) is 25.6 Å². The highest BCUT2D eigenvalue weighted by Crippen LogP contribution is 2.53. The van der Waals surface area contributed by atoms with Crippen LogP contribution in [0.4, 0.5) is 0 Å². The van der Waals surface area contributed by atoms with Crippen LogP contribution >= 0.6 is 10.9 Å². The van der Waals surface area contributed by atoms with Crippen molar-refractivity contribution in [1.82, 2.24) is 0 Å². The Hall–Kier alpha value is 0.230. The number of hydrogen-bond acceptors (Lipinski definition) is 3. The van der Waals surface area contributed by atoms with Crippen LogP contribution in [0.5, 0.6) is 0 Å². The zero-order valence-electron chi connectivity index (χ0n) is 17.8. The lowest BCUT2D eigenvalue weighted by Crippen LogP contribution is -2.22. The molecule has 0 spiro atoms. The lowest BCUT2D eigenvalue weighted by molar-refractivity contribution is 0.180. The highest BCUT2D eigenvalue weighted by atomic mass is 32.3. The fourth-order valence-corrected chi connectivity index (χ4v) is 5.84. The molecule has 4 heteroatoms. The molecule has 154 valence electrons. The zero-order valence-corrected chi connectivity index (χ0v) is 18.6. The predicted molar refractivity (Wildman–Crippen MR) is 113 cm³/mol. The normalized spacial score (nSPS) is 14.0. The van der Waals surface area contributed by atoms with Crippen molar-refractivity contribution in [3.8, 4) is 0 Å². The van der Waals surface area contributed by atoms with Crippen molar-refractivity contribution in [3.05, 3.63) is 0 Å². The molecule has 0 radical (unpaired) electrons. The molecular formula is C21H46O3S. The molecule has 0 aliphatic rings. The first-order chi connectivity index (χ1) is 12.2. The van der Waals surface area contributed by atoms with Crippen molar-refractivity contribution in [2.45, 2.75) is 105 Å². The average molecular weight is 379 g/mol. The van der Waals surface area contributed by atoms with E-state index in [4.69, 9.17) is 12.5 Å². The fourth-order valence-electron chi connectivity index (χ4n) is 3.36. The summed E-state index contributed by atoms with van der Waals surface area (Å²) in [4.78, 5) is 0. The molecule has 1 atom stereocenters. The van der Waals surface area contributed by atoms with Gasteiger partial charge in [0.05, 0.1) is 30.7 Å². The van der Waals surface area contributed by atoms with Gasteiger partial charge in [-0.05, 0) is 39.5 Å². The second-order valence-electron chi connectivity index (χ2n) is 6.86. The molecule has 0 N–H and O–H groups in total. The second kappa shape index (κ2) is 17.6. The van der Waals surface area contributed by atoms with E-state index < -0.39 is 10.9 Å². The maximum absolute atomic E-state index is 6.01. The Morgan fingerprint density at radius 2 is 1.04 bits per heavy atom. The second-order valence-corrected chi connectivity index (χ2v) is 9.02. The van der Waals surface area contributed by atoms with Crippen molar-refractivity contribution in [1.29, 1.82) is 0 Å². The zero-order chi connectivity index (χ0) is 18.8. The summed E-state index contributed by atoms with van der Waals surface area (Å²) in [5, 5.41) is 0. The van der Waals surface area contributed by atoms with E-state index in [1.807, 2.05) is 20.8 Å². The van der Waals surface area contributed by atoms with Crippen LogP contribution in [0.3, 0.4) is 0 Å². The van der Waals surface area contributed by atoms with Crippen LogP contribution in [0.15, 0.2) is 0 Å². The Balaban J connectivity index is 4.30. The summed E-state index contributed by atoms with van der Waals surface area (Å²) >= 11 is 0. The lowest BCUT2D eigenvalue weighted by Gasteiger charge is -2.39. The number of hydrogen-bond donors (Lipinski definition) is 0. The van der Waals surface area contributed by atoms with Crippen LogP contribution in [0.25, 0.3) is 0 Å². The molecular weight excluding hydrogens is 332 g/mol. The summed E-state index contributed by atoms with van der Waals surface area (Å²) in [6, 6.07) is 0. The Labute approximate surface area is 160 Å². The molecule has 0 heterocycles. The first kappa shape index (κ1) is 25.2. The van der Waals surface area contributed by atoms with Gasteiger partial charge < -0.3 is 0 Å². The van der Waals surface area contributed by atoms with E-state index in [-0.39, 0.29) is 0 Å². The van der Waals surface area contributed by atoms with Crippen molar-refractivity contribution >= 4 is 10.9 Å². The van der Waals surface area contributed by atoms with Crippen LogP contribution in [0.1, 0.15) is 105 Å². The van der Waals surface area contributed by atoms with Gasteiger partial charge in [0.15, 0.2) is 0 Å². The van der Waals surface area contributed by atoms with Crippen molar-refractivity contribution in [2.24, 2.45) is 5.92 Å². The first-order valence-electron chi connectivity index (χ1n) is 10.9. The molecule has 0 saturated carbocycles. The van der Waals surface area contributed by atoms with Gasteiger partial charge in [-0.15, -0.1) is 0 Å². The number of unbranched alkanes of at least 4 members (excludes halogenated alkanes) is 7. The van der Waals surface area contributed by atoms with Gasteiger partial charge in [-0.3, -0.25) is 12.5 Å². The van der Waals surface area contributed by atoms with Crippen LogP contribution in [0, 0.1) is 5.92 Å². The third-order valence-electron chi connectivity index (χ3n) is 4.49.